The van der Waals surface area contributed by atoms with Gasteiger partial charge in [-0.15, -0.1) is 0 Å². The van der Waals surface area contributed by atoms with Gasteiger partial charge in [0.1, 0.15) is 11.6 Å². The fourth-order valence-electron chi connectivity index (χ4n) is 4.25. The number of amides is 1. The molecular formula is C22H23F2N3O. The maximum absolute atomic E-state index is 13.8. The van der Waals surface area contributed by atoms with Gasteiger partial charge in [-0.25, -0.2) is 8.78 Å². The molecular weight excluding hydrogens is 360 g/mol. The third kappa shape index (κ3) is 4.44. The van der Waals surface area contributed by atoms with Gasteiger partial charge in [0.05, 0.1) is 0 Å². The van der Waals surface area contributed by atoms with Crippen LogP contribution in [0.25, 0.3) is 6.08 Å². The Balaban J connectivity index is 1.16. The molecule has 2 aromatic rings. The van der Waals surface area contributed by atoms with Crippen LogP contribution < -0.4 is 5.32 Å². The van der Waals surface area contributed by atoms with Crippen molar-refractivity contribution in [3.8, 4) is 0 Å². The van der Waals surface area contributed by atoms with Crippen molar-refractivity contribution in [3.05, 3.63) is 71.6 Å². The second-order valence-electron chi connectivity index (χ2n) is 7.62. The molecule has 1 saturated heterocycles. The van der Waals surface area contributed by atoms with Gasteiger partial charge in [0, 0.05) is 56.3 Å². The van der Waals surface area contributed by atoms with E-state index in [1.807, 2.05) is 12.1 Å². The SMILES string of the molecule is O=C(/C=C/c1cccnc1)NCCC1C2CN(Cc3ccc(F)cc3F)CC12. The van der Waals surface area contributed by atoms with Crippen LogP contribution >= 0.6 is 0 Å². The van der Waals surface area contributed by atoms with Crippen molar-refractivity contribution >= 4 is 12.0 Å². The maximum atomic E-state index is 13.8. The van der Waals surface area contributed by atoms with Gasteiger partial charge < -0.3 is 5.32 Å². The van der Waals surface area contributed by atoms with E-state index in [2.05, 4.69) is 15.2 Å². The lowest BCUT2D eigenvalue weighted by atomic mass is 10.1. The van der Waals surface area contributed by atoms with Crippen molar-refractivity contribution in [2.24, 2.45) is 17.8 Å². The van der Waals surface area contributed by atoms with Crippen molar-refractivity contribution in [1.82, 2.24) is 15.2 Å². The number of pyridine rings is 1. The second-order valence-corrected chi connectivity index (χ2v) is 7.62. The van der Waals surface area contributed by atoms with Crippen molar-refractivity contribution < 1.29 is 13.6 Å². The summed E-state index contributed by atoms with van der Waals surface area (Å²) in [6.45, 7) is 3.09. The van der Waals surface area contributed by atoms with Crippen LogP contribution in [0.5, 0.6) is 0 Å². The Kier molecular flexibility index (Phi) is 5.48. The first-order chi connectivity index (χ1) is 13.6. The Hall–Kier alpha value is -2.60. The lowest BCUT2D eigenvalue weighted by Crippen LogP contribution is -2.26. The Morgan fingerprint density at radius 1 is 1.25 bits per heavy atom. The van der Waals surface area contributed by atoms with Gasteiger partial charge in [0.2, 0.25) is 5.91 Å². The Labute approximate surface area is 163 Å². The number of rotatable bonds is 7. The van der Waals surface area contributed by atoms with Crippen LogP contribution in [0.4, 0.5) is 8.78 Å². The fourth-order valence-corrected chi connectivity index (χ4v) is 4.25. The minimum absolute atomic E-state index is 0.0944. The Bertz CT molecular complexity index is 859. The zero-order valence-electron chi connectivity index (χ0n) is 15.5. The monoisotopic (exact) mass is 383 g/mol. The summed E-state index contributed by atoms with van der Waals surface area (Å²) in [6, 6.07) is 7.51. The molecule has 1 saturated carbocycles. The van der Waals surface area contributed by atoms with Crippen LogP contribution in [0.2, 0.25) is 0 Å². The fraction of sp³-hybridized carbons (Fsp3) is 0.364. The standard InChI is InChI=1S/C22H23F2N3O/c23-17-5-4-16(21(24)10-17)12-27-13-19-18(20(19)14-27)7-9-26-22(28)6-3-15-2-1-8-25-11-15/h1-6,8,10-11,18-20H,7,9,12-14H2,(H,26,28)/b6-3+. The number of nitrogens with zero attached hydrogens (tertiary/aromatic N) is 2. The smallest absolute Gasteiger partial charge is 0.244 e. The predicted molar refractivity (Wildman–Crippen MR) is 103 cm³/mol. The van der Waals surface area contributed by atoms with Gasteiger partial charge in [0.25, 0.3) is 0 Å². The first kappa shape index (κ1) is 18.7. The summed E-state index contributed by atoms with van der Waals surface area (Å²) in [5, 5.41) is 2.93. The number of nitrogens with one attached hydrogen (secondary N) is 1. The Morgan fingerprint density at radius 3 is 2.79 bits per heavy atom. The van der Waals surface area contributed by atoms with Crippen molar-refractivity contribution in [2.75, 3.05) is 19.6 Å². The van der Waals surface area contributed by atoms with E-state index in [4.69, 9.17) is 0 Å². The third-order valence-electron chi connectivity index (χ3n) is 5.74. The average molecular weight is 383 g/mol. The second kappa shape index (κ2) is 8.19. The zero-order chi connectivity index (χ0) is 19.5. The van der Waals surface area contributed by atoms with Crippen LogP contribution in [0.15, 0.2) is 48.8 Å². The number of fused-ring (bicyclic) bond motifs is 1. The summed E-state index contributed by atoms with van der Waals surface area (Å²) in [5.41, 5.74) is 1.44. The average Bonchev–Trinajstić information content (AvgIpc) is 3.14. The molecule has 1 aromatic carbocycles. The highest BCUT2D eigenvalue weighted by Gasteiger charge is 2.54. The molecule has 1 N–H and O–H groups in total. The summed E-state index contributed by atoms with van der Waals surface area (Å²) >= 11 is 0. The molecule has 2 fully saturated rings. The molecule has 146 valence electrons. The number of carbonyl (C=O) groups excluding carboxylic acids is 1. The molecule has 0 radical (unpaired) electrons. The number of benzene rings is 1. The molecule has 0 bridgehead atoms. The van der Waals surface area contributed by atoms with E-state index in [0.29, 0.717) is 36.4 Å². The number of hydrogen-bond donors (Lipinski definition) is 1. The van der Waals surface area contributed by atoms with Gasteiger partial charge in [-0.2, -0.15) is 0 Å². The van der Waals surface area contributed by atoms with E-state index in [-0.39, 0.29) is 5.91 Å². The summed E-state index contributed by atoms with van der Waals surface area (Å²) in [4.78, 5) is 18.1. The lowest BCUT2D eigenvalue weighted by Gasteiger charge is -2.19. The zero-order valence-corrected chi connectivity index (χ0v) is 15.5. The first-order valence-electron chi connectivity index (χ1n) is 9.62. The van der Waals surface area contributed by atoms with Crippen LogP contribution in [-0.2, 0) is 11.3 Å². The lowest BCUT2D eigenvalue weighted by molar-refractivity contribution is -0.116. The largest absolute Gasteiger partial charge is 0.353 e. The van der Waals surface area contributed by atoms with Crippen LogP contribution in [-0.4, -0.2) is 35.4 Å². The van der Waals surface area contributed by atoms with Crippen LogP contribution in [0.3, 0.4) is 0 Å². The van der Waals surface area contributed by atoms with E-state index in [0.717, 1.165) is 31.1 Å². The van der Waals surface area contributed by atoms with E-state index >= 15 is 0 Å². The summed E-state index contributed by atoms with van der Waals surface area (Å²) in [5.74, 6) is 0.791. The molecule has 0 spiro atoms. The molecule has 2 atom stereocenters. The van der Waals surface area contributed by atoms with E-state index in [1.165, 1.54) is 18.2 Å². The highest BCUT2D eigenvalue weighted by Crippen LogP contribution is 2.53. The molecule has 4 rings (SSSR count). The Morgan fingerprint density at radius 2 is 2.07 bits per heavy atom. The van der Waals surface area contributed by atoms with Gasteiger partial charge in [-0.3, -0.25) is 14.7 Å². The van der Waals surface area contributed by atoms with Crippen molar-refractivity contribution in [2.45, 2.75) is 13.0 Å². The molecule has 2 aliphatic rings. The molecule has 1 aliphatic heterocycles. The molecule has 4 nitrogen and oxygen atoms in total. The topological polar surface area (TPSA) is 45.2 Å². The van der Waals surface area contributed by atoms with Gasteiger partial charge in [-0.1, -0.05) is 12.1 Å². The van der Waals surface area contributed by atoms with Gasteiger partial charge in [-0.05, 0) is 47.9 Å². The van der Waals surface area contributed by atoms with Crippen molar-refractivity contribution in [1.29, 1.82) is 0 Å². The van der Waals surface area contributed by atoms with Gasteiger partial charge >= 0.3 is 0 Å². The minimum atomic E-state index is -0.539. The normalized spacial score (nSPS) is 23.7. The first-order valence-corrected chi connectivity index (χ1v) is 9.62. The summed E-state index contributed by atoms with van der Waals surface area (Å²) in [7, 11) is 0. The highest BCUT2D eigenvalue weighted by molar-refractivity contribution is 5.91. The summed E-state index contributed by atoms with van der Waals surface area (Å²) in [6.07, 6.45) is 7.66. The quantitative estimate of drug-likeness (QED) is 0.747. The molecule has 2 heterocycles. The van der Waals surface area contributed by atoms with E-state index in [9.17, 15) is 13.6 Å². The van der Waals surface area contributed by atoms with Crippen LogP contribution in [0, 0.1) is 29.4 Å². The third-order valence-corrected chi connectivity index (χ3v) is 5.74. The van der Waals surface area contributed by atoms with E-state index in [1.54, 1.807) is 18.5 Å². The number of hydrogen-bond acceptors (Lipinski definition) is 3. The van der Waals surface area contributed by atoms with Gasteiger partial charge in [0.15, 0.2) is 0 Å². The molecule has 1 aromatic heterocycles. The summed E-state index contributed by atoms with van der Waals surface area (Å²) < 4.78 is 26.8. The molecule has 1 aliphatic carbocycles. The molecule has 1 amide bonds. The predicted octanol–water partition coefficient (Wildman–Crippen LogP) is 3.26. The van der Waals surface area contributed by atoms with Crippen LogP contribution in [0.1, 0.15) is 17.5 Å². The number of aromatic nitrogens is 1. The number of piperidine rings is 1. The number of halogens is 2. The molecule has 28 heavy (non-hydrogen) atoms. The highest BCUT2D eigenvalue weighted by atomic mass is 19.1. The number of carbonyl (C=O) groups is 1. The van der Waals surface area contributed by atoms with Crippen molar-refractivity contribution in [3.63, 3.8) is 0 Å². The molecule has 6 heteroatoms. The minimum Gasteiger partial charge on any atom is -0.353 e. The number of likely N-dealkylation sites (tertiary alicyclic amines) is 1. The maximum Gasteiger partial charge on any atom is 0.244 e. The van der Waals surface area contributed by atoms with E-state index < -0.39 is 11.6 Å². The molecule has 2 unspecified atom stereocenters.